The van der Waals surface area contributed by atoms with Crippen molar-refractivity contribution in [3.8, 4) is 5.75 Å². The van der Waals surface area contributed by atoms with Gasteiger partial charge in [-0.2, -0.15) is 0 Å². The van der Waals surface area contributed by atoms with Gasteiger partial charge in [-0.1, -0.05) is 23.7 Å². The maximum atomic E-state index is 13.1. The normalized spacial score (nSPS) is 18.5. The Morgan fingerprint density at radius 1 is 1.28 bits per heavy atom. The molecule has 0 saturated carbocycles. The van der Waals surface area contributed by atoms with Crippen LogP contribution in [0.5, 0.6) is 5.75 Å². The third kappa shape index (κ3) is 3.10. The van der Waals surface area contributed by atoms with Gasteiger partial charge in [-0.05, 0) is 30.3 Å². The third-order valence-corrected chi connectivity index (χ3v) is 4.91. The minimum Gasteiger partial charge on any atom is -0.495 e. The Kier molecular flexibility index (Phi) is 4.69. The van der Waals surface area contributed by atoms with Crippen LogP contribution in [0.3, 0.4) is 0 Å². The lowest BCUT2D eigenvalue weighted by Crippen LogP contribution is -2.58. The summed E-state index contributed by atoms with van der Waals surface area (Å²) in [6.07, 6.45) is 0. The summed E-state index contributed by atoms with van der Waals surface area (Å²) in [4.78, 5) is 37.3. The lowest BCUT2D eigenvalue weighted by Gasteiger charge is -2.25. The predicted octanol–water partition coefficient (Wildman–Crippen LogP) is 1.55. The summed E-state index contributed by atoms with van der Waals surface area (Å²) in [5.74, 6) is -0.839. The summed E-state index contributed by atoms with van der Waals surface area (Å²) in [6.45, 7) is 0.0232. The molecule has 1 aliphatic rings. The summed E-state index contributed by atoms with van der Waals surface area (Å²) < 4.78 is 5.25. The van der Waals surface area contributed by atoms with Crippen molar-refractivity contribution in [2.45, 2.75) is 5.54 Å². The number of benzene rings is 2. The number of para-hydroxylation sites is 2. The summed E-state index contributed by atoms with van der Waals surface area (Å²) in [5.41, 5.74) is 5.59. The predicted molar refractivity (Wildman–Crippen MR) is 109 cm³/mol. The highest BCUT2D eigenvalue weighted by Gasteiger charge is 2.52. The van der Waals surface area contributed by atoms with E-state index < -0.39 is 17.4 Å². The Morgan fingerprint density at radius 2 is 2.07 bits per heavy atom. The smallest absolute Gasteiger partial charge is 0.272 e. The van der Waals surface area contributed by atoms with Crippen LogP contribution >= 0.6 is 11.6 Å². The number of imidazole rings is 1. The number of H-pyrrole nitrogens is 1. The number of halogens is 1. The molecule has 0 saturated heterocycles. The molecule has 0 aliphatic carbocycles. The molecule has 148 valence electrons. The number of nitrogens with two attached hydrogens (primary N) is 1. The van der Waals surface area contributed by atoms with Crippen LogP contribution < -0.4 is 21.1 Å². The van der Waals surface area contributed by atoms with Crippen molar-refractivity contribution in [2.24, 2.45) is 10.7 Å². The van der Waals surface area contributed by atoms with Crippen molar-refractivity contribution in [1.82, 2.24) is 15.3 Å². The number of methoxy groups -OCH3 is 1. The molecule has 29 heavy (non-hydrogen) atoms. The van der Waals surface area contributed by atoms with Gasteiger partial charge in [-0.3, -0.25) is 19.9 Å². The Bertz CT molecular complexity index is 1120. The zero-order valence-corrected chi connectivity index (χ0v) is 16.1. The van der Waals surface area contributed by atoms with E-state index in [1.54, 1.807) is 18.2 Å². The van der Waals surface area contributed by atoms with Crippen LogP contribution in [0.4, 0.5) is 5.69 Å². The Balaban J connectivity index is 1.75. The molecule has 2 amide bonds. The number of anilines is 1. The van der Waals surface area contributed by atoms with Gasteiger partial charge < -0.3 is 20.8 Å². The molecule has 0 spiro atoms. The molecule has 5 N–H and O–H groups in total. The van der Waals surface area contributed by atoms with Gasteiger partial charge in [0.1, 0.15) is 17.3 Å². The van der Waals surface area contributed by atoms with Gasteiger partial charge >= 0.3 is 0 Å². The highest BCUT2D eigenvalue weighted by atomic mass is 35.5. The average molecular weight is 413 g/mol. The highest BCUT2D eigenvalue weighted by molar-refractivity contribution is 6.50. The molecule has 3 aromatic rings. The Morgan fingerprint density at radius 3 is 2.79 bits per heavy atom. The number of rotatable bonds is 5. The highest BCUT2D eigenvalue weighted by Crippen LogP contribution is 2.30. The quantitative estimate of drug-likeness (QED) is 0.504. The van der Waals surface area contributed by atoms with Gasteiger partial charge in [0.25, 0.3) is 11.8 Å². The largest absolute Gasteiger partial charge is 0.495 e. The van der Waals surface area contributed by atoms with Crippen LogP contribution in [0.25, 0.3) is 11.0 Å². The van der Waals surface area contributed by atoms with E-state index in [1.807, 2.05) is 18.2 Å². The number of nitrogens with zero attached hydrogens (tertiary/aromatic N) is 2. The van der Waals surface area contributed by atoms with Gasteiger partial charge in [0.15, 0.2) is 0 Å². The Hall–Kier alpha value is -3.43. The monoisotopic (exact) mass is 412 g/mol. The van der Waals surface area contributed by atoms with Gasteiger partial charge in [-0.25, -0.2) is 4.98 Å². The topological polar surface area (TPSA) is 134 Å². The molecule has 0 fully saturated rings. The van der Waals surface area contributed by atoms with E-state index in [2.05, 4.69) is 25.6 Å². The molecular weight excluding hydrogens is 396 g/mol. The van der Waals surface area contributed by atoms with E-state index in [4.69, 9.17) is 22.1 Å². The summed E-state index contributed by atoms with van der Waals surface area (Å²) >= 11 is 6.03. The lowest BCUT2D eigenvalue weighted by atomic mass is 9.91. The molecule has 1 atom stereocenters. The molecule has 0 bridgehead atoms. The molecule has 2 heterocycles. The number of ether oxygens (including phenoxy) is 1. The van der Waals surface area contributed by atoms with E-state index in [0.29, 0.717) is 27.5 Å². The molecule has 9 nitrogen and oxygen atoms in total. The Labute approximate surface area is 170 Å². The third-order valence-electron chi connectivity index (χ3n) is 4.68. The van der Waals surface area contributed by atoms with Crippen molar-refractivity contribution in [2.75, 3.05) is 19.1 Å². The number of carbonyl (C=O) groups excluding carboxylic acids is 2. The molecule has 1 aliphatic heterocycles. The number of fused-ring (bicyclic) bond motifs is 1. The molecule has 1 aromatic heterocycles. The van der Waals surface area contributed by atoms with Crippen molar-refractivity contribution >= 4 is 45.8 Å². The van der Waals surface area contributed by atoms with E-state index in [0.717, 1.165) is 0 Å². The number of aromatic nitrogens is 2. The van der Waals surface area contributed by atoms with E-state index in [-0.39, 0.29) is 18.2 Å². The number of hydrogen-bond acceptors (Lipinski definition) is 6. The molecule has 4 rings (SSSR count). The molecule has 0 radical (unpaired) electrons. The van der Waals surface area contributed by atoms with Crippen LogP contribution in [0.15, 0.2) is 47.5 Å². The van der Waals surface area contributed by atoms with Crippen molar-refractivity contribution in [1.29, 1.82) is 0 Å². The van der Waals surface area contributed by atoms with Gasteiger partial charge in [0.2, 0.25) is 5.54 Å². The first-order valence-electron chi connectivity index (χ1n) is 8.65. The average Bonchev–Trinajstić information content (AvgIpc) is 3.33. The maximum Gasteiger partial charge on any atom is 0.272 e. The fraction of sp³-hybridized carbons (Fsp3) is 0.158. The lowest BCUT2D eigenvalue weighted by molar-refractivity contribution is -0.123. The summed E-state index contributed by atoms with van der Waals surface area (Å²) in [5, 5.41) is 6.01. The van der Waals surface area contributed by atoms with E-state index in [1.165, 1.54) is 13.2 Å². The molecular formula is C19H17ClN6O3. The van der Waals surface area contributed by atoms with Crippen LogP contribution in [-0.2, 0) is 15.1 Å². The minimum atomic E-state index is -1.70. The van der Waals surface area contributed by atoms with Gasteiger partial charge in [-0.15, -0.1) is 0 Å². The number of primary amides is 1. The second-order valence-corrected chi connectivity index (χ2v) is 6.79. The second kappa shape index (κ2) is 7.19. The fourth-order valence-electron chi connectivity index (χ4n) is 3.29. The van der Waals surface area contributed by atoms with Crippen LogP contribution in [0, 0.1) is 0 Å². The number of hydrogen-bond donors (Lipinski definition) is 4. The summed E-state index contributed by atoms with van der Waals surface area (Å²) in [6, 6.07) is 12.0. The number of aromatic amines is 1. The standard InChI is InChI=1S/C19H17ClN6O3/c1-29-14-7-6-10(20)8-13(14)24-16(27)15-19(17(21)28,23-9-22-15)18-25-11-4-2-3-5-12(11)26-18/h2-8,23H,9H2,1H3,(H2,21,28)(H,24,27)(H,25,26). The van der Waals surface area contributed by atoms with Crippen molar-refractivity contribution in [3.63, 3.8) is 0 Å². The second-order valence-electron chi connectivity index (χ2n) is 6.36. The number of amides is 2. The first kappa shape index (κ1) is 18.9. The maximum absolute atomic E-state index is 13.1. The van der Waals surface area contributed by atoms with Crippen LogP contribution in [0.1, 0.15) is 5.82 Å². The zero-order valence-electron chi connectivity index (χ0n) is 15.3. The van der Waals surface area contributed by atoms with Crippen molar-refractivity contribution in [3.05, 3.63) is 53.3 Å². The van der Waals surface area contributed by atoms with Crippen LogP contribution in [-0.4, -0.2) is 41.3 Å². The van der Waals surface area contributed by atoms with Crippen molar-refractivity contribution < 1.29 is 14.3 Å². The SMILES string of the molecule is COc1ccc(Cl)cc1NC(=O)C1=NCNC1(C(N)=O)c1nc2ccccc2[nH]1. The number of nitrogens with one attached hydrogen (secondary N) is 3. The minimum absolute atomic E-state index is 0.0232. The first-order valence-corrected chi connectivity index (χ1v) is 9.03. The molecule has 1 unspecified atom stereocenters. The number of aliphatic imine (C=N–C) groups is 1. The molecule has 2 aromatic carbocycles. The fourth-order valence-corrected chi connectivity index (χ4v) is 3.46. The zero-order chi connectivity index (χ0) is 20.6. The van der Waals surface area contributed by atoms with E-state index in [9.17, 15) is 9.59 Å². The molecule has 10 heteroatoms. The summed E-state index contributed by atoms with van der Waals surface area (Å²) in [7, 11) is 1.47. The number of carbonyl (C=O) groups is 2. The van der Waals surface area contributed by atoms with Crippen LogP contribution in [0.2, 0.25) is 5.02 Å². The van der Waals surface area contributed by atoms with Gasteiger partial charge in [0, 0.05) is 5.02 Å². The van der Waals surface area contributed by atoms with Gasteiger partial charge in [0.05, 0.1) is 30.5 Å². The first-order chi connectivity index (χ1) is 14.0. The van der Waals surface area contributed by atoms with E-state index >= 15 is 0 Å².